The summed E-state index contributed by atoms with van der Waals surface area (Å²) in [7, 11) is 2.02. The maximum atomic E-state index is 12.3. The third-order valence-electron chi connectivity index (χ3n) is 4.16. The molecule has 1 aromatic carbocycles. The molecule has 3 N–H and O–H groups in total. The SMILES string of the molecule is CC(C(=O)Nc1ccc(Cl)cc1N)N(C)C1CCCC1. The molecule has 2 rings (SSSR count). The van der Waals surface area contributed by atoms with Crippen LogP contribution in [0.15, 0.2) is 18.2 Å². The predicted octanol–water partition coefficient (Wildman–Crippen LogP) is 3.12. The number of nitrogens with one attached hydrogen (secondary N) is 1. The van der Waals surface area contributed by atoms with E-state index in [1.165, 1.54) is 25.7 Å². The molecule has 1 aliphatic rings. The Balaban J connectivity index is 1.99. The zero-order valence-electron chi connectivity index (χ0n) is 12.0. The lowest BCUT2D eigenvalue weighted by Gasteiger charge is -2.29. The number of hydrogen-bond acceptors (Lipinski definition) is 3. The molecule has 1 fully saturated rings. The third kappa shape index (κ3) is 3.44. The summed E-state index contributed by atoms with van der Waals surface area (Å²) >= 11 is 5.85. The van der Waals surface area contributed by atoms with Gasteiger partial charge in [0.25, 0.3) is 0 Å². The van der Waals surface area contributed by atoms with Crippen LogP contribution in [-0.4, -0.2) is 29.9 Å². The Morgan fingerprint density at radius 2 is 2.10 bits per heavy atom. The fraction of sp³-hybridized carbons (Fsp3) is 0.533. The van der Waals surface area contributed by atoms with Crippen molar-refractivity contribution in [2.75, 3.05) is 18.1 Å². The monoisotopic (exact) mass is 295 g/mol. The number of halogens is 1. The first-order chi connectivity index (χ1) is 9.49. The molecule has 0 heterocycles. The van der Waals surface area contributed by atoms with Crippen molar-refractivity contribution in [1.82, 2.24) is 4.90 Å². The number of amides is 1. The molecular weight excluding hydrogens is 274 g/mol. The molecule has 0 spiro atoms. The van der Waals surface area contributed by atoms with Crippen LogP contribution in [0.2, 0.25) is 5.02 Å². The first kappa shape index (κ1) is 15.1. The summed E-state index contributed by atoms with van der Waals surface area (Å²) in [6.07, 6.45) is 4.87. The molecule has 4 nitrogen and oxygen atoms in total. The molecule has 1 atom stereocenters. The van der Waals surface area contributed by atoms with Gasteiger partial charge in [-0.05, 0) is 45.0 Å². The van der Waals surface area contributed by atoms with Gasteiger partial charge in [-0.1, -0.05) is 24.4 Å². The smallest absolute Gasteiger partial charge is 0.241 e. The molecule has 0 saturated heterocycles. The van der Waals surface area contributed by atoms with Gasteiger partial charge in [-0.25, -0.2) is 0 Å². The van der Waals surface area contributed by atoms with E-state index in [4.69, 9.17) is 17.3 Å². The number of nitrogens with zero attached hydrogens (tertiary/aromatic N) is 1. The minimum Gasteiger partial charge on any atom is -0.397 e. The van der Waals surface area contributed by atoms with Crippen LogP contribution in [0.25, 0.3) is 0 Å². The van der Waals surface area contributed by atoms with Crippen LogP contribution in [0.4, 0.5) is 11.4 Å². The Morgan fingerprint density at radius 3 is 2.70 bits per heavy atom. The minimum absolute atomic E-state index is 0.0339. The van der Waals surface area contributed by atoms with Gasteiger partial charge in [-0.2, -0.15) is 0 Å². The summed E-state index contributed by atoms with van der Waals surface area (Å²) in [4.78, 5) is 14.5. The molecule has 0 radical (unpaired) electrons. The highest BCUT2D eigenvalue weighted by Gasteiger charge is 2.27. The number of rotatable bonds is 4. The number of hydrogen-bond donors (Lipinski definition) is 2. The van der Waals surface area contributed by atoms with E-state index in [0.29, 0.717) is 22.4 Å². The van der Waals surface area contributed by atoms with Crippen molar-refractivity contribution in [1.29, 1.82) is 0 Å². The van der Waals surface area contributed by atoms with Gasteiger partial charge in [0.1, 0.15) is 0 Å². The van der Waals surface area contributed by atoms with E-state index in [2.05, 4.69) is 10.2 Å². The molecule has 1 saturated carbocycles. The van der Waals surface area contributed by atoms with Crippen LogP contribution in [0.3, 0.4) is 0 Å². The minimum atomic E-state index is -0.173. The Bertz CT molecular complexity index is 486. The first-order valence-electron chi connectivity index (χ1n) is 7.07. The van der Waals surface area contributed by atoms with Crippen LogP contribution in [0, 0.1) is 0 Å². The van der Waals surface area contributed by atoms with Crippen molar-refractivity contribution in [3.8, 4) is 0 Å². The number of carbonyl (C=O) groups excluding carboxylic acids is 1. The van der Waals surface area contributed by atoms with E-state index < -0.39 is 0 Å². The summed E-state index contributed by atoms with van der Waals surface area (Å²) in [6, 6.07) is 5.44. The quantitative estimate of drug-likeness (QED) is 0.839. The van der Waals surface area contributed by atoms with Crippen molar-refractivity contribution in [3.05, 3.63) is 23.2 Å². The Morgan fingerprint density at radius 1 is 1.45 bits per heavy atom. The zero-order chi connectivity index (χ0) is 14.7. The average molecular weight is 296 g/mol. The first-order valence-corrected chi connectivity index (χ1v) is 7.44. The molecule has 20 heavy (non-hydrogen) atoms. The molecule has 1 amide bonds. The van der Waals surface area contributed by atoms with Crippen molar-refractivity contribution >= 4 is 28.9 Å². The van der Waals surface area contributed by atoms with Gasteiger partial charge in [-0.3, -0.25) is 9.69 Å². The van der Waals surface area contributed by atoms with Gasteiger partial charge in [0.2, 0.25) is 5.91 Å². The van der Waals surface area contributed by atoms with E-state index >= 15 is 0 Å². The van der Waals surface area contributed by atoms with E-state index in [0.717, 1.165) is 0 Å². The highest BCUT2D eigenvalue weighted by atomic mass is 35.5. The van der Waals surface area contributed by atoms with Gasteiger partial charge < -0.3 is 11.1 Å². The van der Waals surface area contributed by atoms with E-state index in [1.807, 2.05) is 14.0 Å². The molecule has 1 aromatic rings. The molecule has 0 bridgehead atoms. The molecule has 1 aliphatic carbocycles. The number of nitrogen functional groups attached to an aromatic ring is 1. The fourth-order valence-corrected chi connectivity index (χ4v) is 2.88. The summed E-state index contributed by atoms with van der Waals surface area (Å²) in [6.45, 7) is 1.93. The second kappa shape index (κ2) is 6.46. The van der Waals surface area contributed by atoms with Gasteiger partial charge in [0.05, 0.1) is 17.4 Å². The van der Waals surface area contributed by atoms with Gasteiger partial charge in [-0.15, -0.1) is 0 Å². The Kier molecular flexibility index (Phi) is 4.89. The van der Waals surface area contributed by atoms with Crippen LogP contribution >= 0.6 is 11.6 Å². The summed E-state index contributed by atoms with van der Waals surface area (Å²) in [5.74, 6) is -0.0339. The predicted molar refractivity (Wildman–Crippen MR) is 84.0 cm³/mol. The third-order valence-corrected chi connectivity index (χ3v) is 4.40. The van der Waals surface area contributed by atoms with E-state index in [-0.39, 0.29) is 11.9 Å². The summed E-state index contributed by atoms with van der Waals surface area (Å²) < 4.78 is 0. The molecule has 1 unspecified atom stereocenters. The Labute approximate surface area is 125 Å². The van der Waals surface area contributed by atoms with Crippen LogP contribution < -0.4 is 11.1 Å². The van der Waals surface area contributed by atoms with Crippen LogP contribution in [0.1, 0.15) is 32.6 Å². The normalized spacial score (nSPS) is 17.4. The van der Waals surface area contributed by atoms with E-state index in [1.54, 1.807) is 18.2 Å². The maximum Gasteiger partial charge on any atom is 0.241 e. The molecule has 0 aliphatic heterocycles. The average Bonchev–Trinajstić information content (AvgIpc) is 2.94. The second-order valence-corrected chi connectivity index (χ2v) is 5.94. The van der Waals surface area contributed by atoms with Gasteiger partial charge in [0, 0.05) is 11.1 Å². The topological polar surface area (TPSA) is 58.4 Å². The number of anilines is 2. The highest BCUT2D eigenvalue weighted by molar-refractivity contribution is 6.31. The van der Waals surface area contributed by atoms with Crippen LogP contribution in [0.5, 0.6) is 0 Å². The number of nitrogens with two attached hydrogens (primary N) is 1. The standard InChI is InChI=1S/C15H22ClN3O/c1-10(19(2)12-5-3-4-6-12)15(20)18-14-8-7-11(16)9-13(14)17/h7-10,12H,3-6,17H2,1-2H3,(H,18,20). The number of carbonyl (C=O) groups is 1. The molecule has 110 valence electrons. The van der Waals surface area contributed by atoms with Crippen LogP contribution in [-0.2, 0) is 4.79 Å². The lowest BCUT2D eigenvalue weighted by Crippen LogP contribution is -2.44. The van der Waals surface area contributed by atoms with Gasteiger partial charge >= 0.3 is 0 Å². The number of likely N-dealkylation sites (N-methyl/N-ethyl adjacent to an activating group) is 1. The maximum absolute atomic E-state index is 12.3. The lowest BCUT2D eigenvalue weighted by molar-refractivity contribution is -0.121. The largest absolute Gasteiger partial charge is 0.397 e. The molecule has 0 aromatic heterocycles. The van der Waals surface area contributed by atoms with Crippen molar-refractivity contribution in [2.45, 2.75) is 44.7 Å². The van der Waals surface area contributed by atoms with E-state index in [9.17, 15) is 4.79 Å². The molecule has 5 heteroatoms. The fourth-order valence-electron chi connectivity index (χ4n) is 2.70. The van der Waals surface area contributed by atoms with Crippen molar-refractivity contribution in [3.63, 3.8) is 0 Å². The Hall–Kier alpha value is -1.26. The summed E-state index contributed by atoms with van der Waals surface area (Å²) in [5, 5.41) is 3.44. The van der Waals surface area contributed by atoms with Crippen molar-refractivity contribution in [2.24, 2.45) is 0 Å². The highest BCUT2D eigenvalue weighted by Crippen LogP contribution is 2.25. The summed E-state index contributed by atoms with van der Waals surface area (Å²) in [5.41, 5.74) is 6.96. The lowest BCUT2D eigenvalue weighted by atomic mass is 10.1. The van der Waals surface area contributed by atoms with Gasteiger partial charge in [0.15, 0.2) is 0 Å². The zero-order valence-corrected chi connectivity index (χ0v) is 12.8. The molecular formula is C15H22ClN3O. The van der Waals surface area contributed by atoms with Crippen molar-refractivity contribution < 1.29 is 4.79 Å². The number of benzene rings is 1. The second-order valence-electron chi connectivity index (χ2n) is 5.50.